The Kier molecular flexibility index (Phi) is 5.51. The molecule has 2 aromatic rings. The molecule has 6 heteroatoms. The summed E-state index contributed by atoms with van der Waals surface area (Å²) in [4.78, 5) is 19.6. The Morgan fingerprint density at radius 3 is 2.82 bits per heavy atom. The lowest BCUT2D eigenvalue weighted by Crippen LogP contribution is -2.48. The number of hydrogen-bond acceptors (Lipinski definition) is 6. The van der Waals surface area contributed by atoms with Crippen molar-refractivity contribution in [1.82, 2.24) is 4.98 Å². The number of hydrogen-bond donors (Lipinski definition) is 0. The van der Waals surface area contributed by atoms with Crippen molar-refractivity contribution in [3.05, 3.63) is 35.0 Å². The Hall–Kier alpha value is -2.18. The van der Waals surface area contributed by atoms with Gasteiger partial charge in [0.2, 0.25) is 0 Å². The van der Waals surface area contributed by atoms with Crippen LogP contribution < -0.4 is 4.90 Å². The van der Waals surface area contributed by atoms with Crippen molar-refractivity contribution in [3.8, 4) is 0 Å². The lowest BCUT2D eigenvalue weighted by molar-refractivity contribution is -0.0542. The number of carbonyl (C=O) groups is 1. The van der Waals surface area contributed by atoms with Crippen LogP contribution in [0.3, 0.4) is 0 Å². The molecule has 2 fully saturated rings. The fourth-order valence-electron chi connectivity index (χ4n) is 4.19. The van der Waals surface area contributed by atoms with Gasteiger partial charge in [0.05, 0.1) is 30.5 Å². The van der Waals surface area contributed by atoms with Gasteiger partial charge < -0.3 is 19.1 Å². The Morgan fingerprint density at radius 2 is 2.07 bits per heavy atom. The van der Waals surface area contributed by atoms with Gasteiger partial charge in [-0.05, 0) is 44.7 Å². The van der Waals surface area contributed by atoms with E-state index in [2.05, 4.69) is 35.9 Å². The first kappa shape index (κ1) is 19.2. The number of carbonyl (C=O) groups excluding carboxylic acids is 1. The molecule has 0 N–H and O–H groups in total. The number of ether oxygens (including phenoxy) is 3. The molecule has 150 valence electrons. The van der Waals surface area contributed by atoms with Crippen molar-refractivity contribution < 1.29 is 19.0 Å². The van der Waals surface area contributed by atoms with Gasteiger partial charge in [-0.1, -0.05) is 12.1 Å². The summed E-state index contributed by atoms with van der Waals surface area (Å²) in [6.45, 7) is 9.15. The van der Waals surface area contributed by atoms with E-state index in [0.29, 0.717) is 25.3 Å². The molecular formula is C22H28N2O4. The number of nitrogens with zero attached hydrogens (tertiary/aromatic N) is 2. The van der Waals surface area contributed by atoms with Crippen molar-refractivity contribution >= 4 is 22.6 Å². The van der Waals surface area contributed by atoms with E-state index in [-0.39, 0.29) is 18.2 Å². The molecule has 2 unspecified atom stereocenters. The topological polar surface area (TPSA) is 60.9 Å². The van der Waals surface area contributed by atoms with Gasteiger partial charge in [-0.3, -0.25) is 4.98 Å². The molecule has 0 spiro atoms. The van der Waals surface area contributed by atoms with Gasteiger partial charge in [-0.15, -0.1) is 0 Å². The van der Waals surface area contributed by atoms with E-state index in [0.717, 1.165) is 48.1 Å². The second-order valence-corrected chi connectivity index (χ2v) is 7.55. The lowest BCUT2D eigenvalue weighted by Gasteiger charge is -2.38. The third-order valence-corrected chi connectivity index (χ3v) is 5.82. The monoisotopic (exact) mass is 384 g/mol. The van der Waals surface area contributed by atoms with Crippen LogP contribution in [0, 0.1) is 13.8 Å². The molecule has 4 rings (SSSR count). The van der Waals surface area contributed by atoms with Crippen molar-refractivity contribution in [2.75, 3.05) is 37.8 Å². The molecule has 0 amide bonds. The number of esters is 1. The van der Waals surface area contributed by atoms with Gasteiger partial charge in [-0.2, -0.15) is 0 Å². The maximum absolute atomic E-state index is 12.7. The number of morpholine rings is 1. The molecule has 0 radical (unpaired) electrons. The number of pyridine rings is 1. The highest BCUT2D eigenvalue weighted by atomic mass is 16.5. The van der Waals surface area contributed by atoms with Crippen LogP contribution in [0.2, 0.25) is 0 Å². The third-order valence-electron chi connectivity index (χ3n) is 5.82. The predicted molar refractivity (Wildman–Crippen MR) is 108 cm³/mol. The van der Waals surface area contributed by atoms with Gasteiger partial charge in [-0.25, -0.2) is 4.79 Å². The maximum atomic E-state index is 12.7. The number of anilines is 1. The molecule has 1 aromatic carbocycles. The molecule has 6 nitrogen and oxygen atoms in total. The first-order chi connectivity index (χ1) is 13.6. The molecule has 0 aliphatic carbocycles. The Labute approximate surface area is 165 Å². The van der Waals surface area contributed by atoms with Crippen LogP contribution >= 0.6 is 0 Å². The van der Waals surface area contributed by atoms with E-state index in [1.54, 1.807) is 6.20 Å². The summed E-state index contributed by atoms with van der Waals surface area (Å²) < 4.78 is 17.2. The van der Waals surface area contributed by atoms with E-state index >= 15 is 0 Å². The summed E-state index contributed by atoms with van der Waals surface area (Å²) in [6.07, 6.45) is 3.92. The van der Waals surface area contributed by atoms with Gasteiger partial charge in [0.15, 0.2) is 0 Å². The van der Waals surface area contributed by atoms with Crippen molar-refractivity contribution in [2.24, 2.45) is 0 Å². The minimum Gasteiger partial charge on any atom is -0.462 e. The number of fused-ring (bicyclic) bond motifs is 1. The largest absolute Gasteiger partial charge is 0.462 e. The van der Waals surface area contributed by atoms with Crippen LogP contribution in [-0.4, -0.2) is 56.1 Å². The van der Waals surface area contributed by atoms with Crippen molar-refractivity contribution in [3.63, 3.8) is 0 Å². The number of rotatable bonds is 4. The van der Waals surface area contributed by atoms with Gasteiger partial charge in [0.1, 0.15) is 11.7 Å². The fraction of sp³-hybridized carbons (Fsp3) is 0.545. The highest BCUT2D eigenvalue weighted by molar-refractivity contribution is 6.06. The molecule has 3 heterocycles. The first-order valence-corrected chi connectivity index (χ1v) is 10.1. The van der Waals surface area contributed by atoms with Gasteiger partial charge in [0.25, 0.3) is 0 Å². The summed E-state index contributed by atoms with van der Waals surface area (Å²) in [7, 11) is 0. The first-order valence-electron chi connectivity index (χ1n) is 10.1. The van der Waals surface area contributed by atoms with E-state index in [1.165, 1.54) is 5.56 Å². The predicted octanol–water partition coefficient (Wildman–Crippen LogP) is 3.41. The zero-order valence-electron chi connectivity index (χ0n) is 16.9. The van der Waals surface area contributed by atoms with Crippen molar-refractivity contribution in [2.45, 2.75) is 45.8 Å². The zero-order chi connectivity index (χ0) is 19.7. The Balaban J connectivity index is 1.79. The van der Waals surface area contributed by atoms with Crippen LogP contribution in [0.1, 0.15) is 41.3 Å². The summed E-state index contributed by atoms with van der Waals surface area (Å²) in [6, 6.07) is 4.16. The lowest BCUT2D eigenvalue weighted by atomic mass is 10.0. The second kappa shape index (κ2) is 8.05. The van der Waals surface area contributed by atoms with E-state index < -0.39 is 0 Å². The SMILES string of the molecule is CCOC(=O)c1cnc2c(C)c(C)ccc2c1N1CCOC(C2CCCO2)C1. The summed E-state index contributed by atoms with van der Waals surface area (Å²) in [5, 5.41) is 0.988. The molecule has 2 aliphatic heterocycles. The Morgan fingerprint density at radius 1 is 1.25 bits per heavy atom. The van der Waals surface area contributed by atoms with E-state index in [4.69, 9.17) is 14.2 Å². The number of aryl methyl sites for hydroxylation is 2. The quantitative estimate of drug-likeness (QED) is 0.753. The smallest absolute Gasteiger partial charge is 0.341 e. The molecule has 2 saturated heterocycles. The minimum atomic E-state index is -0.328. The average Bonchev–Trinajstić information content (AvgIpc) is 3.25. The van der Waals surface area contributed by atoms with Crippen LogP contribution in [0.25, 0.3) is 10.9 Å². The molecule has 0 saturated carbocycles. The highest BCUT2D eigenvalue weighted by Gasteiger charge is 2.33. The maximum Gasteiger partial charge on any atom is 0.341 e. The molecule has 0 bridgehead atoms. The third kappa shape index (κ3) is 3.47. The average molecular weight is 384 g/mol. The van der Waals surface area contributed by atoms with E-state index in [9.17, 15) is 4.79 Å². The minimum absolute atomic E-state index is 0.0149. The number of benzene rings is 1. The van der Waals surface area contributed by atoms with Crippen molar-refractivity contribution in [1.29, 1.82) is 0 Å². The Bertz CT molecular complexity index is 876. The molecule has 2 atom stereocenters. The standard InChI is InChI=1S/C22H28N2O4/c1-4-26-22(25)17-12-23-20-15(3)14(2)7-8-16(20)21(17)24-9-11-28-19(13-24)18-6-5-10-27-18/h7-8,12,18-19H,4-6,9-11,13H2,1-3H3. The summed E-state index contributed by atoms with van der Waals surface area (Å²) in [5.74, 6) is -0.328. The second-order valence-electron chi connectivity index (χ2n) is 7.55. The summed E-state index contributed by atoms with van der Waals surface area (Å²) in [5.41, 5.74) is 4.68. The molecule has 2 aliphatic rings. The van der Waals surface area contributed by atoms with Crippen LogP contribution in [0.15, 0.2) is 18.3 Å². The fourth-order valence-corrected chi connectivity index (χ4v) is 4.19. The zero-order valence-corrected chi connectivity index (χ0v) is 16.9. The van der Waals surface area contributed by atoms with E-state index in [1.807, 2.05) is 6.92 Å². The molecule has 28 heavy (non-hydrogen) atoms. The number of aromatic nitrogens is 1. The van der Waals surface area contributed by atoms with Gasteiger partial charge in [0, 0.05) is 31.3 Å². The molecule has 1 aromatic heterocycles. The van der Waals surface area contributed by atoms with Crippen LogP contribution in [0.4, 0.5) is 5.69 Å². The van der Waals surface area contributed by atoms with Gasteiger partial charge >= 0.3 is 5.97 Å². The van der Waals surface area contributed by atoms with Crippen LogP contribution in [-0.2, 0) is 14.2 Å². The van der Waals surface area contributed by atoms with Crippen LogP contribution in [0.5, 0.6) is 0 Å². The summed E-state index contributed by atoms with van der Waals surface area (Å²) >= 11 is 0. The molecular weight excluding hydrogens is 356 g/mol. The highest BCUT2D eigenvalue weighted by Crippen LogP contribution is 2.34. The normalized spacial score (nSPS) is 22.6.